The quantitative estimate of drug-likeness (QED) is 0.327. The van der Waals surface area contributed by atoms with Crippen molar-refractivity contribution in [2.24, 2.45) is 0 Å². The number of nitrogens with zero attached hydrogens (tertiary/aromatic N) is 3. The summed E-state index contributed by atoms with van der Waals surface area (Å²) in [4.78, 5) is 12.1. The Morgan fingerprint density at radius 1 is 1.00 bits per heavy atom. The Morgan fingerprint density at radius 2 is 1.78 bits per heavy atom. The highest BCUT2D eigenvalue weighted by molar-refractivity contribution is 6.35. The van der Waals surface area contributed by atoms with Crippen molar-refractivity contribution in [3.05, 3.63) is 63.4 Å². The van der Waals surface area contributed by atoms with Gasteiger partial charge >= 0.3 is 0 Å². The highest BCUT2D eigenvalue weighted by Crippen LogP contribution is 2.28. The number of aryl methyl sites for hydroxylation is 3. The first kappa shape index (κ1) is 24.8. The Bertz CT molecular complexity index is 1030. The molecule has 1 unspecified atom stereocenters. The molecular formula is C26H34Cl2N4. The minimum atomic E-state index is 0.311. The summed E-state index contributed by atoms with van der Waals surface area (Å²) in [6.45, 7) is 12.0. The average Bonchev–Trinajstić information content (AvgIpc) is 2.78. The van der Waals surface area contributed by atoms with Gasteiger partial charge in [-0.25, -0.2) is 9.97 Å². The van der Waals surface area contributed by atoms with Gasteiger partial charge in [0.2, 0.25) is 0 Å². The van der Waals surface area contributed by atoms with E-state index in [0.717, 1.165) is 78.4 Å². The first-order valence-electron chi connectivity index (χ1n) is 11.6. The molecule has 3 aromatic rings. The molecule has 172 valence electrons. The molecule has 32 heavy (non-hydrogen) atoms. The second-order valence-electron chi connectivity index (χ2n) is 8.42. The third-order valence-electron chi connectivity index (χ3n) is 5.99. The van der Waals surface area contributed by atoms with Gasteiger partial charge in [-0.15, -0.1) is 0 Å². The molecule has 1 heterocycles. The van der Waals surface area contributed by atoms with Crippen LogP contribution in [-0.4, -0.2) is 40.5 Å². The third kappa shape index (κ3) is 6.57. The summed E-state index contributed by atoms with van der Waals surface area (Å²) < 4.78 is 0. The lowest BCUT2D eigenvalue weighted by Gasteiger charge is -2.20. The van der Waals surface area contributed by atoms with E-state index in [0.29, 0.717) is 11.1 Å². The normalized spacial score (nSPS) is 12.5. The van der Waals surface area contributed by atoms with Crippen LogP contribution in [0.4, 0.5) is 5.82 Å². The van der Waals surface area contributed by atoms with Crippen molar-refractivity contribution in [2.75, 3.05) is 25.0 Å². The molecule has 4 nitrogen and oxygen atoms in total. The van der Waals surface area contributed by atoms with Gasteiger partial charge in [0.1, 0.15) is 11.6 Å². The zero-order chi connectivity index (χ0) is 23.1. The molecule has 0 saturated heterocycles. The first-order chi connectivity index (χ1) is 15.4. The van der Waals surface area contributed by atoms with E-state index in [2.05, 4.69) is 43.1 Å². The Morgan fingerprint density at radius 3 is 2.50 bits per heavy atom. The summed E-state index contributed by atoms with van der Waals surface area (Å²) in [6, 6.07) is 12.4. The Kier molecular flexibility index (Phi) is 9.15. The summed E-state index contributed by atoms with van der Waals surface area (Å²) >= 11 is 12.8. The topological polar surface area (TPSA) is 41.0 Å². The first-order valence-corrected chi connectivity index (χ1v) is 12.4. The molecule has 1 atom stereocenters. The predicted octanol–water partition coefficient (Wildman–Crippen LogP) is 6.95. The molecule has 0 radical (unpaired) electrons. The fourth-order valence-electron chi connectivity index (χ4n) is 3.90. The number of hydrogen-bond donors (Lipinski definition) is 1. The lowest BCUT2D eigenvalue weighted by atomic mass is 10.1. The minimum absolute atomic E-state index is 0.311. The van der Waals surface area contributed by atoms with Crippen LogP contribution in [0.5, 0.6) is 0 Å². The number of hydrogen-bond acceptors (Lipinski definition) is 4. The van der Waals surface area contributed by atoms with Crippen molar-refractivity contribution in [2.45, 2.75) is 59.4 Å². The molecule has 1 aromatic heterocycles. The van der Waals surface area contributed by atoms with Crippen molar-refractivity contribution in [1.82, 2.24) is 14.9 Å². The summed E-state index contributed by atoms with van der Waals surface area (Å²) in [6.07, 6.45) is 3.79. The summed E-state index contributed by atoms with van der Waals surface area (Å²) in [7, 11) is 0. The highest BCUT2D eigenvalue weighted by atomic mass is 35.5. The number of halogens is 2. The second-order valence-corrected chi connectivity index (χ2v) is 9.24. The van der Waals surface area contributed by atoms with E-state index < -0.39 is 0 Å². The fraction of sp³-hybridized carbons (Fsp3) is 0.462. The molecule has 2 aromatic carbocycles. The molecular weight excluding hydrogens is 439 g/mol. The summed E-state index contributed by atoms with van der Waals surface area (Å²) in [5, 5.41) is 6.05. The van der Waals surface area contributed by atoms with E-state index >= 15 is 0 Å². The fourth-order valence-corrected chi connectivity index (χ4v) is 4.32. The van der Waals surface area contributed by atoms with Crippen LogP contribution in [0.25, 0.3) is 10.9 Å². The number of benzene rings is 2. The number of para-hydroxylation sites is 1. The smallest absolute Gasteiger partial charge is 0.137 e. The SMILES string of the molecule is CCN(CC)CCCC(C)Nc1nc(CCc2ccc(C)c(Cl)c2)nc2c(Cl)cccc12. The maximum atomic E-state index is 6.50. The summed E-state index contributed by atoms with van der Waals surface area (Å²) in [5.41, 5.74) is 3.08. The van der Waals surface area contributed by atoms with Gasteiger partial charge in [-0.05, 0) is 82.1 Å². The van der Waals surface area contributed by atoms with Crippen LogP contribution >= 0.6 is 23.2 Å². The van der Waals surface area contributed by atoms with Crippen LogP contribution < -0.4 is 5.32 Å². The summed E-state index contributed by atoms with van der Waals surface area (Å²) in [5.74, 6) is 1.66. The Hall–Kier alpha value is -1.88. The van der Waals surface area contributed by atoms with E-state index in [9.17, 15) is 0 Å². The maximum absolute atomic E-state index is 6.50. The van der Waals surface area contributed by atoms with Gasteiger partial charge in [-0.2, -0.15) is 0 Å². The molecule has 0 amide bonds. The molecule has 0 spiro atoms. The standard InChI is InChI=1S/C26H34Cl2N4/c1-5-32(6-2)16-8-9-19(4)29-26-21-10-7-11-22(27)25(21)30-24(31-26)15-14-20-13-12-18(3)23(28)17-20/h7,10-13,17,19H,5-6,8-9,14-16H2,1-4H3,(H,29,30,31). The molecule has 0 aliphatic rings. The van der Waals surface area contributed by atoms with Crippen molar-refractivity contribution < 1.29 is 0 Å². The predicted molar refractivity (Wildman–Crippen MR) is 138 cm³/mol. The van der Waals surface area contributed by atoms with Gasteiger partial charge in [0.05, 0.1) is 10.5 Å². The maximum Gasteiger partial charge on any atom is 0.137 e. The lowest BCUT2D eigenvalue weighted by molar-refractivity contribution is 0.295. The number of anilines is 1. The Balaban J connectivity index is 1.75. The minimum Gasteiger partial charge on any atom is -0.367 e. The van der Waals surface area contributed by atoms with Crippen LogP contribution in [0.15, 0.2) is 36.4 Å². The molecule has 6 heteroatoms. The van der Waals surface area contributed by atoms with Gasteiger partial charge in [0.15, 0.2) is 0 Å². The molecule has 0 aliphatic carbocycles. The van der Waals surface area contributed by atoms with Crippen molar-refractivity contribution in [3.8, 4) is 0 Å². The van der Waals surface area contributed by atoms with Gasteiger partial charge in [0.25, 0.3) is 0 Å². The molecule has 0 saturated carbocycles. The molecule has 0 aliphatic heterocycles. The van der Waals surface area contributed by atoms with Crippen LogP contribution in [0.2, 0.25) is 10.0 Å². The largest absolute Gasteiger partial charge is 0.367 e. The second kappa shape index (κ2) is 11.8. The number of rotatable bonds is 11. The van der Waals surface area contributed by atoms with Crippen molar-refractivity contribution in [1.29, 1.82) is 0 Å². The third-order valence-corrected chi connectivity index (χ3v) is 6.70. The van der Waals surface area contributed by atoms with E-state index in [1.807, 2.05) is 31.2 Å². The van der Waals surface area contributed by atoms with Gasteiger partial charge in [-0.3, -0.25) is 0 Å². The average molecular weight is 473 g/mol. The highest BCUT2D eigenvalue weighted by Gasteiger charge is 2.13. The van der Waals surface area contributed by atoms with Crippen molar-refractivity contribution in [3.63, 3.8) is 0 Å². The van der Waals surface area contributed by atoms with Gasteiger partial charge in [-0.1, -0.05) is 55.2 Å². The molecule has 1 N–H and O–H groups in total. The Labute approximate surface area is 202 Å². The number of aromatic nitrogens is 2. The monoisotopic (exact) mass is 472 g/mol. The molecule has 3 rings (SSSR count). The van der Waals surface area contributed by atoms with Crippen LogP contribution in [0.1, 0.15) is 50.6 Å². The number of fused-ring (bicyclic) bond motifs is 1. The van der Waals surface area contributed by atoms with Gasteiger partial charge < -0.3 is 10.2 Å². The van der Waals surface area contributed by atoms with E-state index in [1.54, 1.807) is 0 Å². The van der Waals surface area contributed by atoms with E-state index in [1.165, 1.54) is 5.56 Å². The van der Waals surface area contributed by atoms with Crippen LogP contribution in [-0.2, 0) is 12.8 Å². The van der Waals surface area contributed by atoms with Crippen LogP contribution in [0.3, 0.4) is 0 Å². The van der Waals surface area contributed by atoms with Gasteiger partial charge in [0, 0.05) is 22.9 Å². The molecule has 0 fully saturated rings. The van der Waals surface area contributed by atoms with E-state index in [-0.39, 0.29) is 0 Å². The molecule has 0 bridgehead atoms. The van der Waals surface area contributed by atoms with Crippen molar-refractivity contribution >= 4 is 39.9 Å². The van der Waals surface area contributed by atoms with E-state index in [4.69, 9.17) is 33.2 Å². The lowest BCUT2D eigenvalue weighted by Crippen LogP contribution is -2.26. The van der Waals surface area contributed by atoms with Crippen LogP contribution in [0, 0.1) is 6.92 Å². The zero-order valence-corrected chi connectivity index (χ0v) is 21.1. The zero-order valence-electron chi connectivity index (χ0n) is 19.6. The number of nitrogens with one attached hydrogen (secondary N) is 1.